The minimum Gasteiger partial charge on any atom is -0.454 e. The summed E-state index contributed by atoms with van der Waals surface area (Å²) in [6.45, 7) is 8.49. The quantitative estimate of drug-likeness (QED) is 0.300. The predicted molar refractivity (Wildman–Crippen MR) is 160 cm³/mol. The molecule has 2 aliphatic heterocycles. The van der Waals surface area contributed by atoms with Gasteiger partial charge in [0.1, 0.15) is 0 Å². The molecule has 0 spiro atoms. The number of carbonyl (C=O) groups excluding carboxylic acids is 1. The van der Waals surface area contributed by atoms with Gasteiger partial charge in [0.15, 0.2) is 11.5 Å². The van der Waals surface area contributed by atoms with Crippen LogP contribution in [0.15, 0.2) is 71.5 Å². The van der Waals surface area contributed by atoms with E-state index in [0.717, 1.165) is 67.0 Å². The smallest absolute Gasteiger partial charge is 0.326 e. The summed E-state index contributed by atoms with van der Waals surface area (Å²) in [6, 6.07) is 22.5. The summed E-state index contributed by atoms with van der Waals surface area (Å²) < 4.78 is 13.2. The van der Waals surface area contributed by atoms with E-state index >= 15 is 0 Å². The number of imidazole rings is 1. The average molecular weight is 555 g/mol. The van der Waals surface area contributed by atoms with Gasteiger partial charge in [-0.05, 0) is 87.2 Å². The highest BCUT2D eigenvalue weighted by Crippen LogP contribution is 2.38. The molecular formula is C33H38N4O4. The number of benzene rings is 3. The minimum absolute atomic E-state index is 0.0181. The molecule has 6 rings (SSSR count). The lowest BCUT2D eigenvalue weighted by molar-refractivity contribution is 0.0773. The molecule has 1 fully saturated rings. The third-order valence-electron chi connectivity index (χ3n) is 8.69. The summed E-state index contributed by atoms with van der Waals surface area (Å²) in [4.78, 5) is 33.0. The van der Waals surface area contributed by atoms with Crippen molar-refractivity contribution in [3.8, 4) is 11.5 Å². The third-order valence-corrected chi connectivity index (χ3v) is 8.69. The molecule has 2 aliphatic rings. The van der Waals surface area contributed by atoms with E-state index in [1.807, 2.05) is 65.8 Å². The van der Waals surface area contributed by atoms with Crippen LogP contribution >= 0.6 is 0 Å². The zero-order valence-electron chi connectivity index (χ0n) is 23.8. The van der Waals surface area contributed by atoms with Crippen molar-refractivity contribution in [1.82, 2.24) is 19.4 Å². The van der Waals surface area contributed by atoms with Crippen LogP contribution in [0.5, 0.6) is 11.5 Å². The van der Waals surface area contributed by atoms with E-state index in [2.05, 4.69) is 34.1 Å². The van der Waals surface area contributed by atoms with Crippen molar-refractivity contribution in [3.63, 3.8) is 0 Å². The number of nitrogens with one attached hydrogen (secondary N) is 1. The van der Waals surface area contributed by atoms with Crippen molar-refractivity contribution in [2.45, 2.75) is 45.1 Å². The largest absolute Gasteiger partial charge is 0.454 e. The standard InChI is InChI=1S/C33H38N4O4/c1-3-36(4-2)32(38)24-11-9-23(10-12-24)27(25-13-14-30-31(21-25)41-22-40-30)17-20-35-18-15-26(16-19-35)37-29-8-6-5-7-28(29)34-33(37)39/h5-14,21,26-27H,3-4,15-20,22H2,1-2H3,(H,34,39). The second-order valence-electron chi connectivity index (χ2n) is 10.9. The molecule has 1 aromatic heterocycles. The number of H-pyrrole nitrogens is 1. The maximum absolute atomic E-state index is 12.9. The Balaban J connectivity index is 1.17. The van der Waals surface area contributed by atoms with Crippen molar-refractivity contribution in [2.75, 3.05) is 39.5 Å². The first-order chi connectivity index (χ1) is 20.1. The SMILES string of the molecule is CCN(CC)C(=O)c1ccc(C(CCN2CCC(n3c(=O)[nH]c4ccccc43)CC2)c2ccc3c(c2)OCO3)cc1. The van der Waals surface area contributed by atoms with Gasteiger partial charge in [-0.2, -0.15) is 0 Å². The van der Waals surface area contributed by atoms with Crippen LogP contribution < -0.4 is 15.2 Å². The van der Waals surface area contributed by atoms with E-state index in [-0.39, 0.29) is 30.3 Å². The molecular weight excluding hydrogens is 516 g/mol. The van der Waals surface area contributed by atoms with Gasteiger partial charge >= 0.3 is 5.69 Å². The van der Waals surface area contributed by atoms with Crippen LogP contribution in [0.2, 0.25) is 0 Å². The van der Waals surface area contributed by atoms with Crippen LogP contribution in [0.25, 0.3) is 11.0 Å². The fourth-order valence-electron chi connectivity index (χ4n) is 6.36. The summed E-state index contributed by atoms with van der Waals surface area (Å²) >= 11 is 0. The lowest BCUT2D eigenvalue weighted by Gasteiger charge is -2.33. The molecule has 1 saturated heterocycles. The normalized spacial score (nSPS) is 16.2. The zero-order chi connectivity index (χ0) is 28.3. The van der Waals surface area contributed by atoms with Gasteiger partial charge in [-0.15, -0.1) is 0 Å². The van der Waals surface area contributed by atoms with Crippen LogP contribution in [0, 0.1) is 0 Å². The van der Waals surface area contributed by atoms with Gasteiger partial charge in [0.05, 0.1) is 11.0 Å². The van der Waals surface area contributed by atoms with E-state index < -0.39 is 0 Å². The summed E-state index contributed by atoms with van der Waals surface area (Å²) in [7, 11) is 0. The number of fused-ring (bicyclic) bond motifs is 2. The van der Waals surface area contributed by atoms with Gasteiger partial charge in [-0.3, -0.25) is 9.36 Å². The summed E-state index contributed by atoms with van der Waals surface area (Å²) in [6.07, 6.45) is 2.82. The van der Waals surface area contributed by atoms with Gasteiger partial charge in [-0.1, -0.05) is 30.3 Å². The number of para-hydroxylation sites is 2. The van der Waals surface area contributed by atoms with Crippen LogP contribution in [-0.4, -0.2) is 64.8 Å². The lowest BCUT2D eigenvalue weighted by atomic mass is 9.87. The Morgan fingerprint density at radius 1 is 0.951 bits per heavy atom. The number of likely N-dealkylation sites (tertiary alicyclic amines) is 1. The molecule has 8 nitrogen and oxygen atoms in total. The molecule has 1 unspecified atom stereocenters. The van der Waals surface area contributed by atoms with Gasteiger partial charge in [0, 0.05) is 43.7 Å². The van der Waals surface area contributed by atoms with E-state index in [0.29, 0.717) is 13.1 Å². The number of aromatic nitrogens is 2. The van der Waals surface area contributed by atoms with E-state index in [1.54, 1.807) is 0 Å². The molecule has 8 heteroatoms. The number of piperidine rings is 1. The molecule has 1 atom stereocenters. The second-order valence-corrected chi connectivity index (χ2v) is 10.9. The van der Waals surface area contributed by atoms with Gasteiger partial charge in [-0.25, -0.2) is 4.79 Å². The molecule has 0 radical (unpaired) electrons. The molecule has 3 heterocycles. The number of ether oxygens (including phenoxy) is 2. The molecule has 1 N–H and O–H groups in total. The Morgan fingerprint density at radius 2 is 1.66 bits per heavy atom. The summed E-state index contributed by atoms with van der Waals surface area (Å²) in [5.74, 6) is 1.78. The topological polar surface area (TPSA) is 79.8 Å². The molecule has 214 valence electrons. The van der Waals surface area contributed by atoms with E-state index in [9.17, 15) is 9.59 Å². The number of nitrogens with zero attached hydrogens (tertiary/aromatic N) is 3. The number of rotatable bonds is 9. The third kappa shape index (κ3) is 5.48. The Labute approximate surface area is 240 Å². The van der Waals surface area contributed by atoms with Crippen molar-refractivity contribution in [1.29, 1.82) is 0 Å². The molecule has 4 aromatic rings. The number of hydrogen-bond acceptors (Lipinski definition) is 5. The first kappa shape index (κ1) is 27.1. The van der Waals surface area contributed by atoms with Crippen LogP contribution in [0.3, 0.4) is 0 Å². The minimum atomic E-state index is -0.0181. The molecule has 1 amide bonds. The maximum Gasteiger partial charge on any atom is 0.326 e. The Hall–Kier alpha value is -4.04. The maximum atomic E-state index is 12.9. The first-order valence-corrected chi connectivity index (χ1v) is 14.8. The molecule has 41 heavy (non-hydrogen) atoms. The fourth-order valence-corrected chi connectivity index (χ4v) is 6.36. The molecule has 3 aromatic carbocycles. The van der Waals surface area contributed by atoms with Gasteiger partial charge < -0.3 is 24.3 Å². The first-order valence-electron chi connectivity index (χ1n) is 14.8. The Morgan fingerprint density at radius 3 is 2.41 bits per heavy atom. The Kier molecular flexibility index (Phi) is 7.83. The highest BCUT2D eigenvalue weighted by molar-refractivity contribution is 5.94. The van der Waals surface area contributed by atoms with E-state index in [1.165, 1.54) is 11.1 Å². The average Bonchev–Trinajstić information content (AvgIpc) is 3.61. The zero-order valence-corrected chi connectivity index (χ0v) is 23.8. The monoisotopic (exact) mass is 554 g/mol. The number of amides is 1. The van der Waals surface area contributed by atoms with Gasteiger partial charge in [0.25, 0.3) is 5.91 Å². The second kappa shape index (κ2) is 11.8. The summed E-state index contributed by atoms with van der Waals surface area (Å²) in [5, 5.41) is 0. The highest BCUT2D eigenvalue weighted by Gasteiger charge is 2.26. The number of aromatic amines is 1. The van der Waals surface area contributed by atoms with Gasteiger partial charge in [0.2, 0.25) is 6.79 Å². The van der Waals surface area contributed by atoms with Crippen molar-refractivity contribution < 1.29 is 14.3 Å². The van der Waals surface area contributed by atoms with Crippen molar-refractivity contribution in [2.24, 2.45) is 0 Å². The Bertz CT molecular complexity index is 1560. The predicted octanol–water partition coefficient (Wildman–Crippen LogP) is 5.40. The van der Waals surface area contributed by atoms with Crippen LogP contribution in [-0.2, 0) is 0 Å². The number of carbonyl (C=O) groups is 1. The van der Waals surface area contributed by atoms with Crippen LogP contribution in [0.4, 0.5) is 0 Å². The van der Waals surface area contributed by atoms with Crippen LogP contribution in [0.1, 0.15) is 66.6 Å². The lowest BCUT2D eigenvalue weighted by Crippen LogP contribution is -2.37. The molecule has 0 bridgehead atoms. The number of hydrogen-bond donors (Lipinski definition) is 1. The highest BCUT2D eigenvalue weighted by atomic mass is 16.7. The van der Waals surface area contributed by atoms with E-state index in [4.69, 9.17) is 9.47 Å². The fraction of sp³-hybridized carbons (Fsp3) is 0.394. The molecule has 0 aliphatic carbocycles. The molecule has 0 saturated carbocycles. The summed E-state index contributed by atoms with van der Waals surface area (Å²) in [5.41, 5.74) is 4.95. The van der Waals surface area contributed by atoms with Crippen molar-refractivity contribution >= 4 is 16.9 Å². The van der Waals surface area contributed by atoms with Crippen molar-refractivity contribution in [3.05, 3.63) is 93.9 Å².